The molecule has 1 saturated heterocycles. The summed E-state index contributed by atoms with van der Waals surface area (Å²) in [7, 11) is 0. The highest BCUT2D eigenvalue weighted by atomic mass is 35.5. The minimum atomic E-state index is -4.40. The Morgan fingerprint density at radius 3 is 2.43 bits per heavy atom. The summed E-state index contributed by atoms with van der Waals surface area (Å²) in [5, 5.41) is 3.21. The second-order valence-electron chi connectivity index (χ2n) is 6.10. The summed E-state index contributed by atoms with van der Waals surface area (Å²) in [6.07, 6.45) is -3.55. The number of alkyl halides is 3. The van der Waals surface area contributed by atoms with Gasteiger partial charge in [0.2, 0.25) is 5.91 Å². The van der Waals surface area contributed by atoms with E-state index >= 15 is 0 Å². The van der Waals surface area contributed by atoms with Gasteiger partial charge < -0.3 is 10.2 Å². The second kappa shape index (κ2) is 7.53. The second-order valence-corrected chi connectivity index (χ2v) is 6.10. The lowest BCUT2D eigenvalue weighted by Gasteiger charge is -2.32. The van der Waals surface area contributed by atoms with Crippen LogP contribution < -0.4 is 5.32 Å². The predicted molar refractivity (Wildman–Crippen MR) is 85.8 cm³/mol. The van der Waals surface area contributed by atoms with Crippen molar-refractivity contribution in [2.75, 3.05) is 26.2 Å². The van der Waals surface area contributed by atoms with Crippen molar-refractivity contribution in [3.8, 4) is 0 Å². The van der Waals surface area contributed by atoms with E-state index in [4.69, 9.17) is 0 Å². The van der Waals surface area contributed by atoms with Gasteiger partial charge in [0.25, 0.3) is 0 Å². The van der Waals surface area contributed by atoms with Crippen LogP contribution in [-0.2, 0) is 16.4 Å². The SMILES string of the molecule is CC(C)(C(=O)N1CCCNCC1)c1cccc(C(F)(F)F)c1.Cl. The minimum Gasteiger partial charge on any atom is -0.341 e. The van der Waals surface area contributed by atoms with Crippen molar-refractivity contribution in [2.24, 2.45) is 0 Å². The molecule has 2 rings (SSSR count). The monoisotopic (exact) mass is 350 g/mol. The standard InChI is InChI=1S/C16H21F3N2O.ClH/c1-15(2,14(22)21-9-4-7-20-8-10-21)12-5-3-6-13(11-12)16(17,18)19;/h3,5-6,11,20H,4,7-10H2,1-2H3;1H. The van der Waals surface area contributed by atoms with Gasteiger partial charge in [0, 0.05) is 19.6 Å². The Hall–Kier alpha value is -1.27. The zero-order valence-electron chi connectivity index (χ0n) is 13.2. The average molecular weight is 351 g/mol. The van der Waals surface area contributed by atoms with Crippen LogP contribution in [0.2, 0.25) is 0 Å². The number of benzene rings is 1. The van der Waals surface area contributed by atoms with Crippen LogP contribution in [0.15, 0.2) is 24.3 Å². The summed E-state index contributed by atoms with van der Waals surface area (Å²) in [6.45, 7) is 6.15. The van der Waals surface area contributed by atoms with E-state index in [2.05, 4.69) is 5.32 Å². The zero-order chi connectivity index (χ0) is 16.4. The Kier molecular flexibility index (Phi) is 6.48. The van der Waals surface area contributed by atoms with Gasteiger partial charge in [-0.25, -0.2) is 0 Å². The molecule has 1 aromatic rings. The first-order valence-corrected chi connectivity index (χ1v) is 7.41. The average Bonchev–Trinajstić information content (AvgIpc) is 2.74. The third kappa shape index (κ3) is 4.61. The van der Waals surface area contributed by atoms with Gasteiger partial charge in [-0.2, -0.15) is 13.2 Å². The fraction of sp³-hybridized carbons (Fsp3) is 0.562. The number of hydrogen-bond acceptors (Lipinski definition) is 2. The molecule has 1 N–H and O–H groups in total. The fourth-order valence-electron chi connectivity index (χ4n) is 2.65. The van der Waals surface area contributed by atoms with E-state index in [-0.39, 0.29) is 18.3 Å². The molecular formula is C16H22ClF3N2O. The first-order valence-electron chi connectivity index (χ1n) is 7.41. The predicted octanol–water partition coefficient (Wildman–Crippen LogP) is 3.23. The molecule has 0 aromatic heterocycles. The van der Waals surface area contributed by atoms with E-state index in [0.29, 0.717) is 25.2 Å². The van der Waals surface area contributed by atoms with Crippen LogP contribution in [0.3, 0.4) is 0 Å². The molecule has 1 aromatic carbocycles. The molecule has 0 bridgehead atoms. The Morgan fingerprint density at radius 1 is 1.13 bits per heavy atom. The number of carbonyl (C=O) groups excluding carboxylic acids is 1. The van der Waals surface area contributed by atoms with E-state index < -0.39 is 17.2 Å². The number of hydrogen-bond donors (Lipinski definition) is 1. The van der Waals surface area contributed by atoms with Gasteiger partial charge in [-0.05, 0) is 38.4 Å². The maximum atomic E-state index is 12.9. The van der Waals surface area contributed by atoms with Crippen LogP contribution >= 0.6 is 12.4 Å². The molecule has 1 aliphatic heterocycles. The maximum Gasteiger partial charge on any atom is 0.416 e. The van der Waals surface area contributed by atoms with Crippen LogP contribution in [0.4, 0.5) is 13.2 Å². The van der Waals surface area contributed by atoms with Crippen molar-refractivity contribution in [1.82, 2.24) is 10.2 Å². The normalized spacial score (nSPS) is 16.5. The molecule has 1 aliphatic rings. The molecule has 130 valence electrons. The molecule has 3 nitrogen and oxygen atoms in total. The molecule has 1 heterocycles. The van der Waals surface area contributed by atoms with E-state index in [1.54, 1.807) is 24.8 Å². The van der Waals surface area contributed by atoms with Crippen LogP contribution in [-0.4, -0.2) is 37.0 Å². The van der Waals surface area contributed by atoms with Gasteiger partial charge in [-0.3, -0.25) is 4.79 Å². The highest BCUT2D eigenvalue weighted by Crippen LogP contribution is 2.33. The van der Waals surface area contributed by atoms with Gasteiger partial charge in [-0.15, -0.1) is 12.4 Å². The van der Waals surface area contributed by atoms with E-state index in [0.717, 1.165) is 25.1 Å². The van der Waals surface area contributed by atoms with Crippen molar-refractivity contribution in [3.05, 3.63) is 35.4 Å². The lowest BCUT2D eigenvalue weighted by atomic mass is 9.82. The number of nitrogens with one attached hydrogen (secondary N) is 1. The Bertz CT molecular complexity index is 538. The third-order valence-electron chi connectivity index (χ3n) is 4.07. The Morgan fingerprint density at radius 2 is 1.78 bits per heavy atom. The summed E-state index contributed by atoms with van der Waals surface area (Å²) in [6, 6.07) is 5.05. The van der Waals surface area contributed by atoms with E-state index in [9.17, 15) is 18.0 Å². The molecule has 1 amide bonds. The molecule has 7 heteroatoms. The van der Waals surface area contributed by atoms with E-state index in [1.165, 1.54) is 6.07 Å². The molecule has 0 spiro atoms. The van der Waals surface area contributed by atoms with Gasteiger partial charge in [0.15, 0.2) is 0 Å². The highest BCUT2D eigenvalue weighted by Gasteiger charge is 2.36. The van der Waals surface area contributed by atoms with Crippen molar-refractivity contribution in [3.63, 3.8) is 0 Å². The van der Waals surface area contributed by atoms with Crippen molar-refractivity contribution in [1.29, 1.82) is 0 Å². The topological polar surface area (TPSA) is 32.3 Å². The van der Waals surface area contributed by atoms with Crippen molar-refractivity contribution in [2.45, 2.75) is 31.9 Å². The zero-order valence-corrected chi connectivity index (χ0v) is 14.1. The smallest absolute Gasteiger partial charge is 0.341 e. The number of amides is 1. The number of rotatable bonds is 2. The largest absolute Gasteiger partial charge is 0.416 e. The van der Waals surface area contributed by atoms with Crippen LogP contribution in [0.1, 0.15) is 31.4 Å². The molecule has 0 atom stereocenters. The summed E-state index contributed by atoms with van der Waals surface area (Å²) < 4.78 is 38.6. The van der Waals surface area contributed by atoms with Crippen LogP contribution in [0.5, 0.6) is 0 Å². The lowest BCUT2D eigenvalue weighted by molar-refractivity contribution is -0.139. The summed E-state index contributed by atoms with van der Waals surface area (Å²) in [5.41, 5.74) is -1.31. The van der Waals surface area contributed by atoms with Crippen molar-refractivity contribution < 1.29 is 18.0 Å². The Balaban J connectivity index is 0.00000264. The highest BCUT2D eigenvalue weighted by molar-refractivity contribution is 5.87. The minimum absolute atomic E-state index is 0. The summed E-state index contributed by atoms with van der Waals surface area (Å²) in [5.74, 6) is -0.129. The van der Waals surface area contributed by atoms with E-state index in [1.807, 2.05) is 0 Å². The molecule has 23 heavy (non-hydrogen) atoms. The van der Waals surface area contributed by atoms with Gasteiger partial charge in [-0.1, -0.05) is 18.2 Å². The van der Waals surface area contributed by atoms with Crippen LogP contribution in [0, 0.1) is 0 Å². The molecule has 1 fully saturated rings. The van der Waals surface area contributed by atoms with Crippen LogP contribution in [0.25, 0.3) is 0 Å². The Labute approximate surface area is 140 Å². The lowest BCUT2D eigenvalue weighted by Crippen LogP contribution is -2.45. The molecular weight excluding hydrogens is 329 g/mol. The van der Waals surface area contributed by atoms with Gasteiger partial charge >= 0.3 is 6.18 Å². The maximum absolute atomic E-state index is 12.9. The first-order chi connectivity index (χ1) is 10.2. The quantitative estimate of drug-likeness (QED) is 0.888. The molecule has 0 saturated carbocycles. The first kappa shape index (κ1) is 19.8. The van der Waals surface area contributed by atoms with Gasteiger partial charge in [0.05, 0.1) is 11.0 Å². The summed E-state index contributed by atoms with van der Waals surface area (Å²) >= 11 is 0. The van der Waals surface area contributed by atoms with Gasteiger partial charge in [0.1, 0.15) is 0 Å². The third-order valence-corrected chi connectivity index (χ3v) is 4.07. The fourth-order valence-corrected chi connectivity index (χ4v) is 2.65. The number of carbonyl (C=O) groups is 1. The number of halogens is 4. The molecule has 0 aliphatic carbocycles. The summed E-state index contributed by atoms with van der Waals surface area (Å²) in [4.78, 5) is 14.5. The molecule has 0 unspecified atom stereocenters. The number of nitrogens with zero attached hydrogens (tertiary/aromatic N) is 1. The molecule has 0 radical (unpaired) electrons. The van der Waals surface area contributed by atoms with Crippen molar-refractivity contribution >= 4 is 18.3 Å².